The predicted molar refractivity (Wildman–Crippen MR) is 96.8 cm³/mol. The maximum atomic E-state index is 2.50. The molecule has 0 heteroatoms. The molecule has 3 rings (SSSR count). The molecule has 0 aromatic heterocycles. The summed E-state index contributed by atoms with van der Waals surface area (Å²) in [6.07, 6.45) is 17.2. The van der Waals surface area contributed by atoms with Gasteiger partial charge in [0.25, 0.3) is 0 Å². The van der Waals surface area contributed by atoms with Crippen molar-refractivity contribution >= 4 is 5.57 Å². The van der Waals surface area contributed by atoms with E-state index in [2.05, 4.69) is 56.3 Å². The minimum atomic E-state index is 0.789. The Morgan fingerprint density at radius 3 is 2.32 bits per heavy atom. The maximum absolute atomic E-state index is 2.50. The average molecular weight is 294 g/mol. The fraction of sp³-hybridized carbons (Fsp3) is 0.545. The Labute approximate surface area is 136 Å². The van der Waals surface area contributed by atoms with E-state index < -0.39 is 0 Å². The van der Waals surface area contributed by atoms with Gasteiger partial charge in [0.05, 0.1) is 0 Å². The lowest BCUT2D eigenvalue weighted by atomic mass is 9.72. The van der Waals surface area contributed by atoms with Crippen molar-refractivity contribution in [2.24, 2.45) is 17.8 Å². The van der Waals surface area contributed by atoms with Crippen LogP contribution in [0.4, 0.5) is 0 Å². The minimum Gasteiger partial charge on any atom is -0.0802 e. The Hall–Kier alpha value is -1.30. The van der Waals surface area contributed by atoms with Gasteiger partial charge in [-0.3, -0.25) is 0 Å². The molecule has 0 radical (unpaired) electrons. The lowest BCUT2D eigenvalue weighted by molar-refractivity contribution is 0.221. The molecule has 1 aromatic carbocycles. The van der Waals surface area contributed by atoms with Crippen molar-refractivity contribution in [3.63, 3.8) is 0 Å². The van der Waals surface area contributed by atoms with Gasteiger partial charge in [0.2, 0.25) is 0 Å². The van der Waals surface area contributed by atoms with E-state index in [0.29, 0.717) is 0 Å². The monoisotopic (exact) mass is 294 g/mol. The van der Waals surface area contributed by atoms with Gasteiger partial charge in [-0.2, -0.15) is 0 Å². The van der Waals surface area contributed by atoms with Crippen molar-refractivity contribution in [1.29, 1.82) is 0 Å². The lowest BCUT2D eigenvalue weighted by Crippen LogP contribution is -2.21. The highest BCUT2D eigenvalue weighted by Gasteiger charge is 2.26. The van der Waals surface area contributed by atoms with Crippen LogP contribution < -0.4 is 0 Å². The molecule has 1 unspecified atom stereocenters. The Kier molecular flexibility index (Phi) is 5.18. The molecule has 2 aliphatic rings. The maximum Gasteiger partial charge on any atom is -0.0167 e. The first-order valence-electron chi connectivity index (χ1n) is 9.21. The zero-order valence-electron chi connectivity index (χ0n) is 14.2. The molecule has 0 N–H and O–H groups in total. The van der Waals surface area contributed by atoms with E-state index in [-0.39, 0.29) is 0 Å². The normalized spacial score (nSPS) is 28.5. The first-order valence-corrected chi connectivity index (χ1v) is 9.21. The number of benzene rings is 1. The van der Waals surface area contributed by atoms with Crippen molar-refractivity contribution in [2.45, 2.75) is 58.8 Å². The first-order chi connectivity index (χ1) is 10.8. The highest BCUT2D eigenvalue weighted by Crippen LogP contribution is 2.39. The van der Waals surface area contributed by atoms with E-state index in [4.69, 9.17) is 0 Å². The molecule has 0 heterocycles. The summed E-state index contributed by atoms with van der Waals surface area (Å²) in [5, 5.41) is 0. The number of aryl methyl sites for hydroxylation is 1. The van der Waals surface area contributed by atoms with Gasteiger partial charge in [-0.1, -0.05) is 80.7 Å². The van der Waals surface area contributed by atoms with Gasteiger partial charge in [0.1, 0.15) is 0 Å². The van der Waals surface area contributed by atoms with Crippen molar-refractivity contribution in [1.82, 2.24) is 0 Å². The number of rotatable bonds is 4. The molecule has 1 fully saturated rings. The molecule has 0 aliphatic heterocycles. The molecule has 1 saturated carbocycles. The molecule has 22 heavy (non-hydrogen) atoms. The smallest absolute Gasteiger partial charge is 0.0167 e. The van der Waals surface area contributed by atoms with E-state index in [1.165, 1.54) is 61.6 Å². The van der Waals surface area contributed by atoms with Gasteiger partial charge in [-0.15, -0.1) is 0 Å². The minimum absolute atomic E-state index is 0.789. The van der Waals surface area contributed by atoms with Crippen LogP contribution in [0.1, 0.15) is 63.0 Å². The highest BCUT2D eigenvalue weighted by molar-refractivity contribution is 5.75. The summed E-state index contributed by atoms with van der Waals surface area (Å²) in [5.74, 6) is 2.74. The van der Waals surface area contributed by atoms with Gasteiger partial charge in [0.15, 0.2) is 0 Å². The Bertz CT molecular complexity index is 524. The SMILES string of the molecule is CCC[C@H]1CC[C@H](C2C=CC(c3ccc(C)cc3)=CC2)CC1. The summed E-state index contributed by atoms with van der Waals surface area (Å²) in [6.45, 7) is 4.48. The van der Waals surface area contributed by atoms with Gasteiger partial charge < -0.3 is 0 Å². The number of hydrogen-bond acceptors (Lipinski definition) is 0. The van der Waals surface area contributed by atoms with Crippen molar-refractivity contribution < 1.29 is 0 Å². The van der Waals surface area contributed by atoms with Crippen LogP contribution in [0.15, 0.2) is 42.5 Å². The molecule has 0 nitrogen and oxygen atoms in total. The topological polar surface area (TPSA) is 0 Å². The fourth-order valence-electron chi connectivity index (χ4n) is 4.26. The summed E-state index contributed by atoms with van der Waals surface area (Å²) in [5.41, 5.74) is 4.12. The molecule has 118 valence electrons. The van der Waals surface area contributed by atoms with Crippen LogP contribution in [0, 0.1) is 24.7 Å². The third-order valence-corrected chi connectivity index (χ3v) is 5.71. The van der Waals surface area contributed by atoms with E-state index in [1.807, 2.05) is 0 Å². The van der Waals surface area contributed by atoms with E-state index >= 15 is 0 Å². The summed E-state index contributed by atoms with van der Waals surface area (Å²) in [4.78, 5) is 0. The molecule has 0 saturated heterocycles. The van der Waals surface area contributed by atoms with Crippen LogP contribution in [-0.4, -0.2) is 0 Å². The zero-order valence-corrected chi connectivity index (χ0v) is 14.2. The van der Waals surface area contributed by atoms with Crippen molar-refractivity contribution in [3.8, 4) is 0 Å². The van der Waals surface area contributed by atoms with Gasteiger partial charge in [-0.05, 0) is 55.1 Å². The Morgan fingerprint density at radius 1 is 1.00 bits per heavy atom. The molecule has 0 bridgehead atoms. The molecule has 0 amide bonds. The van der Waals surface area contributed by atoms with Crippen molar-refractivity contribution in [3.05, 3.63) is 53.6 Å². The fourth-order valence-corrected chi connectivity index (χ4v) is 4.26. The highest BCUT2D eigenvalue weighted by atomic mass is 14.3. The molecule has 1 aromatic rings. The second kappa shape index (κ2) is 7.31. The second-order valence-electron chi connectivity index (χ2n) is 7.35. The molecule has 0 spiro atoms. The third kappa shape index (κ3) is 3.72. The quantitative estimate of drug-likeness (QED) is 0.589. The standard InChI is InChI=1S/C22H30/c1-3-4-18-7-11-20(12-8-18)22-15-13-21(14-16-22)19-9-5-17(2)6-10-19/h5-6,9-10,13-15,18,20,22H,3-4,7-8,11-12,16H2,1-2H3/t18-,20-,22?. The summed E-state index contributed by atoms with van der Waals surface area (Å²) in [7, 11) is 0. The third-order valence-electron chi connectivity index (χ3n) is 5.71. The van der Waals surface area contributed by atoms with Crippen LogP contribution in [-0.2, 0) is 0 Å². The van der Waals surface area contributed by atoms with Crippen LogP contribution in [0.2, 0.25) is 0 Å². The van der Waals surface area contributed by atoms with Gasteiger partial charge in [-0.25, -0.2) is 0 Å². The van der Waals surface area contributed by atoms with Gasteiger partial charge in [0, 0.05) is 0 Å². The van der Waals surface area contributed by atoms with E-state index in [0.717, 1.165) is 17.8 Å². The Morgan fingerprint density at radius 2 is 1.73 bits per heavy atom. The van der Waals surface area contributed by atoms with Crippen LogP contribution in [0.25, 0.3) is 5.57 Å². The van der Waals surface area contributed by atoms with E-state index in [9.17, 15) is 0 Å². The zero-order chi connectivity index (χ0) is 15.4. The van der Waals surface area contributed by atoms with E-state index in [1.54, 1.807) is 0 Å². The second-order valence-corrected chi connectivity index (χ2v) is 7.35. The van der Waals surface area contributed by atoms with Crippen LogP contribution in [0.5, 0.6) is 0 Å². The molecular formula is C22H30. The van der Waals surface area contributed by atoms with Crippen LogP contribution >= 0.6 is 0 Å². The first kappa shape index (κ1) is 15.6. The number of hydrogen-bond donors (Lipinski definition) is 0. The summed E-state index contributed by atoms with van der Waals surface area (Å²) < 4.78 is 0. The average Bonchev–Trinajstić information content (AvgIpc) is 2.57. The molecule has 2 aliphatic carbocycles. The molecular weight excluding hydrogens is 264 g/mol. The molecule has 1 atom stereocenters. The largest absolute Gasteiger partial charge is 0.0802 e. The lowest BCUT2D eigenvalue weighted by Gasteiger charge is -2.33. The van der Waals surface area contributed by atoms with Gasteiger partial charge >= 0.3 is 0 Å². The Balaban J connectivity index is 1.56. The predicted octanol–water partition coefficient (Wildman–Crippen LogP) is 6.56. The number of allylic oxidation sites excluding steroid dienone is 4. The van der Waals surface area contributed by atoms with Crippen molar-refractivity contribution in [2.75, 3.05) is 0 Å². The van der Waals surface area contributed by atoms with Crippen LogP contribution in [0.3, 0.4) is 0 Å². The summed E-state index contributed by atoms with van der Waals surface area (Å²) in [6, 6.07) is 8.93. The summed E-state index contributed by atoms with van der Waals surface area (Å²) >= 11 is 0.